The number of hydrogen-bond acceptors (Lipinski definition) is 4. The van der Waals surface area contributed by atoms with Gasteiger partial charge in [-0.1, -0.05) is 30.3 Å². The average molecular weight is 399 g/mol. The van der Waals surface area contributed by atoms with Crippen LogP contribution in [-0.4, -0.2) is 42.5 Å². The van der Waals surface area contributed by atoms with Crippen LogP contribution < -0.4 is 5.73 Å². The molecule has 2 aromatic rings. The summed E-state index contributed by atoms with van der Waals surface area (Å²) in [6, 6.07) is 12.5. The molecule has 0 unspecified atom stereocenters. The van der Waals surface area contributed by atoms with E-state index in [4.69, 9.17) is 10.5 Å². The summed E-state index contributed by atoms with van der Waals surface area (Å²) in [6.07, 6.45) is 3.27. The van der Waals surface area contributed by atoms with E-state index in [-0.39, 0.29) is 17.9 Å². The number of carbonyl (C=O) groups excluding carboxylic acids is 2. The van der Waals surface area contributed by atoms with E-state index in [2.05, 4.69) is 35.7 Å². The Morgan fingerprint density at radius 1 is 1.18 bits per heavy atom. The van der Waals surface area contributed by atoms with Crippen molar-refractivity contribution < 1.29 is 14.3 Å². The third kappa shape index (κ3) is 3.84. The molecule has 4 rings (SSSR count). The summed E-state index contributed by atoms with van der Waals surface area (Å²) in [6.45, 7) is 1.79. The number of nitrogens with zero attached hydrogens (tertiary/aromatic N) is 1. The van der Waals surface area contributed by atoms with E-state index in [1.807, 2.05) is 11.0 Å². The Bertz CT molecular complexity index is 818. The van der Waals surface area contributed by atoms with Gasteiger partial charge in [0, 0.05) is 24.6 Å². The quantitative estimate of drug-likeness (QED) is 0.840. The second kappa shape index (κ2) is 8.05. The van der Waals surface area contributed by atoms with Gasteiger partial charge in [0.2, 0.25) is 5.91 Å². The fourth-order valence-electron chi connectivity index (χ4n) is 4.26. The maximum absolute atomic E-state index is 12.6. The highest BCUT2D eigenvalue weighted by Gasteiger charge is 2.42. The molecule has 3 heterocycles. The molecule has 2 aliphatic heterocycles. The number of thiophene rings is 1. The lowest BCUT2D eigenvalue weighted by Gasteiger charge is -2.40. The van der Waals surface area contributed by atoms with Gasteiger partial charge in [-0.3, -0.25) is 9.59 Å². The summed E-state index contributed by atoms with van der Waals surface area (Å²) in [5, 5.41) is 2.07. The number of piperidine rings is 1. The Hall–Kier alpha value is -2.18. The van der Waals surface area contributed by atoms with Gasteiger partial charge in [-0.25, -0.2) is 0 Å². The number of likely N-dealkylation sites (tertiary alicyclic amines) is 1. The van der Waals surface area contributed by atoms with Crippen LogP contribution in [0.4, 0.5) is 0 Å². The molecule has 1 aromatic carbocycles. The standard InChI is InChI=1S/C22H26N2O3S/c23-21(26)22(9-11-24(12-10-22)20(25)18-3-1-13-27-18)15-16-5-7-17(8-6-16)19-4-2-14-28-19/h2,4-8,14,18H,1,3,9-13,15H2,(H2,23,26)/t18-/m1/s1. The summed E-state index contributed by atoms with van der Waals surface area (Å²) in [5.74, 6) is -0.199. The predicted octanol–water partition coefficient (Wildman–Crippen LogP) is 3.23. The van der Waals surface area contributed by atoms with Gasteiger partial charge in [-0.05, 0) is 54.7 Å². The van der Waals surface area contributed by atoms with Crippen molar-refractivity contribution in [3.8, 4) is 10.4 Å². The zero-order valence-corrected chi connectivity index (χ0v) is 16.7. The molecule has 2 saturated heterocycles. The number of amides is 2. The van der Waals surface area contributed by atoms with E-state index >= 15 is 0 Å². The van der Waals surface area contributed by atoms with Crippen molar-refractivity contribution in [1.82, 2.24) is 4.90 Å². The summed E-state index contributed by atoms with van der Waals surface area (Å²) in [5.41, 5.74) is 7.54. The van der Waals surface area contributed by atoms with Gasteiger partial charge >= 0.3 is 0 Å². The fraction of sp³-hybridized carbons (Fsp3) is 0.455. The minimum Gasteiger partial charge on any atom is -0.369 e. The van der Waals surface area contributed by atoms with Gasteiger partial charge in [-0.15, -0.1) is 11.3 Å². The van der Waals surface area contributed by atoms with Crippen molar-refractivity contribution in [2.45, 2.75) is 38.2 Å². The lowest BCUT2D eigenvalue weighted by molar-refractivity contribution is -0.146. The van der Waals surface area contributed by atoms with Gasteiger partial charge < -0.3 is 15.4 Å². The molecule has 148 valence electrons. The fourth-order valence-corrected chi connectivity index (χ4v) is 4.99. The first kappa shape index (κ1) is 19.2. The lowest BCUT2D eigenvalue weighted by atomic mass is 9.73. The van der Waals surface area contributed by atoms with Crippen molar-refractivity contribution in [3.05, 3.63) is 47.3 Å². The van der Waals surface area contributed by atoms with Gasteiger partial charge in [0.05, 0.1) is 5.41 Å². The van der Waals surface area contributed by atoms with E-state index in [0.29, 0.717) is 39.0 Å². The highest BCUT2D eigenvalue weighted by Crippen LogP contribution is 2.36. The molecule has 5 nitrogen and oxygen atoms in total. The molecule has 2 aliphatic rings. The van der Waals surface area contributed by atoms with Crippen LogP contribution in [0.1, 0.15) is 31.2 Å². The summed E-state index contributed by atoms with van der Waals surface area (Å²) in [7, 11) is 0. The van der Waals surface area contributed by atoms with Crippen LogP contribution >= 0.6 is 11.3 Å². The van der Waals surface area contributed by atoms with E-state index in [1.54, 1.807) is 11.3 Å². The van der Waals surface area contributed by atoms with E-state index in [9.17, 15) is 9.59 Å². The molecule has 28 heavy (non-hydrogen) atoms. The van der Waals surface area contributed by atoms with E-state index in [1.165, 1.54) is 10.4 Å². The van der Waals surface area contributed by atoms with Crippen LogP contribution in [-0.2, 0) is 20.7 Å². The van der Waals surface area contributed by atoms with E-state index < -0.39 is 5.41 Å². The number of ether oxygens (including phenoxy) is 1. The Balaban J connectivity index is 1.43. The van der Waals surface area contributed by atoms with Gasteiger partial charge in [0.1, 0.15) is 6.10 Å². The highest BCUT2D eigenvalue weighted by atomic mass is 32.1. The van der Waals surface area contributed by atoms with Crippen LogP contribution in [0.25, 0.3) is 10.4 Å². The average Bonchev–Trinajstić information content (AvgIpc) is 3.43. The second-order valence-corrected chi connectivity index (χ2v) is 8.77. The van der Waals surface area contributed by atoms with Crippen LogP contribution in [0.3, 0.4) is 0 Å². The molecule has 2 fully saturated rings. The Morgan fingerprint density at radius 2 is 1.93 bits per heavy atom. The zero-order valence-electron chi connectivity index (χ0n) is 15.9. The third-order valence-electron chi connectivity index (χ3n) is 6.06. The smallest absolute Gasteiger partial charge is 0.251 e. The largest absolute Gasteiger partial charge is 0.369 e. The normalized spacial score (nSPS) is 21.6. The summed E-state index contributed by atoms with van der Waals surface area (Å²) >= 11 is 1.71. The molecule has 1 aromatic heterocycles. The van der Waals surface area contributed by atoms with Crippen LogP contribution in [0.5, 0.6) is 0 Å². The first-order chi connectivity index (χ1) is 13.6. The van der Waals surface area contributed by atoms with Crippen LogP contribution in [0.2, 0.25) is 0 Å². The third-order valence-corrected chi connectivity index (χ3v) is 6.98. The molecule has 0 spiro atoms. The number of nitrogens with two attached hydrogens (primary N) is 1. The minimum atomic E-state index is -0.586. The first-order valence-corrected chi connectivity index (χ1v) is 10.8. The molecule has 0 radical (unpaired) electrons. The monoisotopic (exact) mass is 398 g/mol. The van der Waals surface area contributed by atoms with Crippen molar-refractivity contribution in [2.75, 3.05) is 19.7 Å². The number of hydrogen-bond donors (Lipinski definition) is 1. The number of primary amides is 1. The van der Waals surface area contributed by atoms with E-state index in [0.717, 1.165) is 18.4 Å². The van der Waals surface area contributed by atoms with Crippen molar-refractivity contribution in [1.29, 1.82) is 0 Å². The Morgan fingerprint density at radius 3 is 2.50 bits per heavy atom. The summed E-state index contributed by atoms with van der Waals surface area (Å²) < 4.78 is 5.52. The number of carbonyl (C=O) groups is 2. The number of benzene rings is 1. The molecular weight excluding hydrogens is 372 g/mol. The minimum absolute atomic E-state index is 0.0656. The SMILES string of the molecule is NC(=O)C1(Cc2ccc(-c3cccs3)cc2)CCN(C(=O)[C@H]2CCCO2)CC1. The molecule has 2 amide bonds. The van der Waals surface area contributed by atoms with Crippen molar-refractivity contribution >= 4 is 23.2 Å². The Labute approximate surface area is 169 Å². The van der Waals surface area contributed by atoms with Crippen LogP contribution in [0.15, 0.2) is 41.8 Å². The molecular formula is C22H26N2O3S. The van der Waals surface area contributed by atoms with Gasteiger partial charge in [-0.2, -0.15) is 0 Å². The first-order valence-electron chi connectivity index (χ1n) is 9.91. The van der Waals surface area contributed by atoms with Gasteiger partial charge in [0.15, 0.2) is 0 Å². The predicted molar refractivity (Wildman–Crippen MR) is 110 cm³/mol. The highest BCUT2D eigenvalue weighted by molar-refractivity contribution is 7.13. The topological polar surface area (TPSA) is 72.6 Å². The van der Waals surface area contributed by atoms with Crippen molar-refractivity contribution in [2.24, 2.45) is 11.1 Å². The Kier molecular flexibility index (Phi) is 5.51. The molecule has 6 heteroatoms. The summed E-state index contributed by atoms with van der Waals surface area (Å²) in [4.78, 5) is 28.0. The molecule has 0 saturated carbocycles. The van der Waals surface area contributed by atoms with Gasteiger partial charge in [0.25, 0.3) is 5.91 Å². The van der Waals surface area contributed by atoms with Crippen molar-refractivity contribution in [3.63, 3.8) is 0 Å². The molecule has 0 aliphatic carbocycles. The van der Waals surface area contributed by atoms with Crippen LogP contribution in [0, 0.1) is 5.41 Å². The molecule has 2 N–H and O–H groups in total. The second-order valence-electron chi connectivity index (χ2n) is 7.82. The maximum Gasteiger partial charge on any atom is 0.251 e. The molecule has 1 atom stereocenters. The maximum atomic E-state index is 12.6. The number of rotatable bonds is 5. The zero-order chi connectivity index (χ0) is 19.6. The lowest BCUT2D eigenvalue weighted by Crippen LogP contribution is -2.51. The molecule has 0 bridgehead atoms.